The highest BCUT2D eigenvalue weighted by Crippen LogP contribution is 2.14. The number of carboxylic acids is 1. The van der Waals surface area contributed by atoms with Gasteiger partial charge in [-0.1, -0.05) is 40.7 Å². The summed E-state index contributed by atoms with van der Waals surface area (Å²) in [5.41, 5.74) is 0.926. The van der Waals surface area contributed by atoms with Crippen molar-refractivity contribution in [2.75, 3.05) is 6.61 Å². The second-order valence-electron chi connectivity index (χ2n) is 4.16. The van der Waals surface area contributed by atoms with E-state index in [-0.39, 0.29) is 13.0 Å². The summed E-state index contributed by atoms with van der Waals surface area (Å²) in [6.07, 6.45) is 1.04. The fourth-order valence-electron chi connectivity index (χ4n) is 1.68. The monoisotopic (exact) mass is 341 g/mol. The number of ether oxygens (including phenoxy) is 1. The molecule has 0 aliphatic carbocycles. The Kier molecular flexibility index (Phi) is 6.79. The maximum Gasteiger partial charge on any atom is 0.407 e. The molecule has 0 aliphatic heterocycles. The highest BCUT2D eigenvalue weighted by molar-refractivity contribution is 9.10. The molecule has 0 saturated carbocycles. The van der Waals surface area contributed by atoms with Crippen LogP contribution in [0.4, 0.5) is 4.79 Å². The van der Waals surface area contributed by atoms with Crippen LogP contribution in [0.2, 0.25) is 0 Å². The molecular weight excluding hydrogens is 326 g/mol. The number of carbonyl (C=O) groups is 2. The molecule has 1 atom stereocenters. The first-order valence-electron chi connectivity index (χ1n) is 6.01. The smallest absolute Gasteiger partial charge is 0.407 e. The number of rotatable bonds is 7. The van der Waals surface area contributed by atoms with E-state index in [4.69, 9.17) is 9.84 Å². The van der Waals surface area contributed by atoms with Gasteiger partial charge in [0, 0.05) is 10.5 Å². The van der Waals surface area contributed by atoms with Gasteiger partial charge in [-0.2, -0.15) is 0 Å². The molecule has 1 rings (SSSR count). The van der Waals surface area contributed by atoms with Crippen LogP contribution in [-0.4, -0.2) is 29.8 Å². The van der Waals surface area contributed by atoms with Crippen molar-refractivity contribution in [2.24, 2.45) is 0 Å². The van der Waals surface area contributed by atoms with Crippen LogP contribution >= 0.6 is 15.9 Å². The number of nitrogens with one attached hydrogen (secondary N) is 1. The first-order valence-corrected chi connectivity index (χ1v) is 6.81. The van der Waals surface area contributed by atoms with E-state index in [1.807, 2.05) is 24.3 Å². The molecule has 0 aromatic heterocycles. The fraction of sp³-hybridized carbons (Fsp3) is 0.286. The normalized spacial score (nSPS) is 11.4. The molecule has 0 saturated heterocycles. The molecule has 20 heavy (non-hydrogen) atoms. The molecule has 6 heteroatoms. The number of alkyl carbamates (subject to hydrolysis) is 1. The molecule has 5 nitrogen and oxygen atoms in total. The Balaban J connectivity index is 2.66. The van der Waals surface area contributed by atoms with Crippen LogP contribution in [0.3, 0.4) is 0 Å². The summed E-state index contributed by atoms with van der Waals surface area (Å²) >= 11 is 3.35. The van der Waals surface area contributed by atoms with Crippen LogP contribution in [0.5, 0.6) is 0 Å². The van der Waals surface area contributed by atoms with Crippen molar-refractivity contribution >= 4 is 28.0 Å². The minimum absolute atomic E-state index is 0.0858. The molecule has 108 valence electrons. The number of amides is 1. The average molecular weight is 342 g/mol. The van der Waals surface area contributed by atoms with Gasteiger partial charge in [0.1, 0.15) is 6.61 Å². The van der Waals surface area contributed by atoms with Gasteiger partial charge < -0.3 is 15.2 Å². The van der Waals surface area contributed by atoms with E-state index in [2.05, 4.69) is 27.8 Å². The Labute approximate surface area is 125 Å². The highest BCUT2D eigenvalue weighted by atomic mass is 79.9. The third-order valence-corrected chi connectivity index (χ3v) is 2.94. The van der Waals surface area contributed by atoms with E-state index in [0.29, 0.717) is 6.42 Å². The van der Waals surface area contributed by atoms with Gasteiger partial charge in [0.15, 0.2) is 0 Å². The minimum Gasteiger partial charge on any atom is -0.481 e. The van der Waals surface area contributed by atoms with Crippen LogP contribution in [0, 0.1) is 0 Å². The van der Waals surface area contributed by atoms with Gasteiger partial charge in [-0.15, -0.1) is 0 Å². The molecule has 0 aliphatic rings. The first-order chi connectivity index (χ1) is 9.51. The molecule has 0 unspecified atom stereocenters. The van der Waals surface area contributed by atoms with Gasteiger partial charge in [0.25, 0.3) is 0 Å². The predicted molar refractivity (Wildman–Crippen MR) is 78.6 cm³/mol. The SMILES string of the molecule is C=CCOC(=O)N[C@@H](CC(=O)O)Cc1cccc(Br)c1. The Morgan fingerprint density at radius 1 is 1.50 bits per heavy atom. The van der Waals surface area contributed by atoms with Gasteiger partial charge in [-0.05, 0) is 24.1 Å². The second kappa shape index (κ2) is 8.37. The van der Waals surface area contributed by atoms with Crippen molar-refractivity contribution in [3.05, 3.63) is 47.0 Å². The standard InChI is InChI=1S/C14H16BrNO4/c1-2-6-20-14(19)16-12(9-13(17)18)8-10-4-3-5-11(15)7-10/h2-5,7,12H,1,6,8-9H2,(H,16,19)(H,17,18)/t12-/m1/s1. The lowest BCUT2D eigenvalue weighted by atomic mass is 10.0. The predicted octanol–water partition coefficient (Wildman–Crippen LogP) is 2.75. The van der Waals surface area contributed by atoms with Crippen molar-refractivity contribution in [1.82, 2.24) is 5.32 Å². The Morgan fingerprint density at radius 2 is 2.25 bits per heavy atom. The van der Waals surface area contributed by atoms with E-state index < -0.39 is 18.1 Å². The molecule has 2 N–H and O–H groups in total. The summed E-state index contributed by atoms with van der Waals surface area (Å²) in [5.74, 6) is -0.978. The zero-order valence-corrected chi connectivity index (χ0v) is 12.4. The number of aliphatic carboxylic acids is 1. The topological polar surface area (TPSA) is 75.6 Å². The summed E-state index contributed by atoms with van der Waals surface area (Å²) < 4.78 is 5.70. The van der Waals surface area contributed by atoms with E-state index in [0.717, 1.165) is 10.0 Å². The number of hydrogen-bond acceptors (Lipinski definition) is 3. The lowest BCUT2D eigenvalue weighted by Gasteiger charge is -2.16. The minimum atomic E-state index is -0.978. The molecule has 0 heterocycles. The van der Waals surface area contributed by atoms with Crippen molar-refractivity contribution in [2.45, 2.75) is 18.9 Å². The lowest BCUT2D eigenvalue weighted by molar-refractivity contribution is -0.137. The number of halogens is 1. The summed E-state index contributed by atoms with van der Waals surface area (Å²) in [6.45, 7) is 3.52. The zero-order valence-electron chi connectivity index (χ0n) is 10.8. The maximum atomic E-state index is 11.5. The van der Waals surface area contributed by atoms with Crippen LogP contribution < -0.4 is 5.32 Å². The van der Waals surface area contributed by atoms with Gasteiger partial charge in [-0.25, -0.2) is 4.79 Å². The van der Waals surface area contributed by atoms with Gasteiger partial charge in [-0.3, -0.25) is 4.79 Å². The summed E-state index contributed by atoms with van der Waals surface area (Å²) in [4.78, 5) is 22.3. The van der Waals surface area contributed by atoms with Crippen LogP contribution in [0.15, 0.2) is 41.4 Å². The summed E-state index contributed by atoms with van der Waals surface area (Å²) in [6, 6.07) is 6.95. The first kappa shape index (κ1) is 16.2. The Morgan fingerprint density at radius 3 is 2.85 bits per heavy atom. The van der Waals surface area contributed by atoms with E-state index >= 15 is 0 Å². The maximum absolute atomic E-state index is 11.5. The molecule has 1 aromatic rings. The average Bonchev–Trinajstić information content (AvgIpc) is 2.35. The third kappa shape index (κ3) is 6.38. The quantitative estimate of drug-likeness (QED) is 0.747. The fourth-order valence-corrected chi connectivity index (χ4v) is 2.12. The van der Waals surface area contributed by atoms with E-state index in [9.17, 15) is 9.59 Å². The Hall–Kier alpha value is -1.82. The number of carbonyl (C=O) groups excluding carboxylic acids is 1. The Bertz CT molecular complexity index is 490. The number of carboxylic acid groups (broad SMARTS) is 1. The molecule has 0 bridgehead atoms. The lowest BCUT2D eigenvalue weighted by Crippen LogP contribution is -2.38. The molecular formula is C14H16BrNO4. The van der Waals surface area contributed by atoms with Crippen molar-refractivity contribution in [3.8, 4) is 0 Å². The number of benzene rings is 1. The zero-order chi connectivity index (χ0) is 15.0. The van der Waals surface area contributed by atoms with Crippen LogP contribution in [-0.2, 0) is 16.0 Å². The second-order valence-corrected chi connectivity index (χ2v) is 5.08. The molecule has 1 aromatic carbocycles. The van der Waals surface area contributed by atoms with Crippen molar-refractivity contribution in [3.63, 3.8) is 0 Å². The molecule has 0 radical (unpaired) electrons. The highest BCUT2D eigenvalue weighted by Gasteiger charge is 2.17. The van der Waals surface area contributed by atoms with Gasteiger partial charge in [0.2, 0.25) is 0 Å². The molecule has 0 fully saturated rings. The largest absolute Gasteiger partial charge is 0.481 e. The summed E-state index contributed by atoms with van der Waals surface area (Å²) in [5, 5.41) is 11.4. The molecule has 0 spiro atoms. The van der Waals surface area contributed by atoms with E-state index in [1.165, 1.54) is 6.08 Å². The van der Waals surface area contributed by atoms with E-state index in [1.54, 1.807) is 0 Å². The van der Waals surface area contributed by atoms with Crippen LogP contribution in [0.25, 0.3) is 0 Å². The summed E-state index contributed by atoms with van der Waals surface area (Å²) in [7, 11) is 0. The molecule has 1 amide bonds. The van der Waals surface area contributed by atoms with Gasteiger partial charge in [0.05, 0.1) is 6.42 Å². The van der Waals surface area contributed by atoms with Crippen molar-refractivity contribution in [1.29, 1.82) is 0 Å². The number of hydrogen-bond donors (Lipinski definition) is 2. The van der Waals surface area contributed by atoms with Gasteiger partial charge >= 0.3 is 12.1 Å². The third-order valence-electron chi connectivity index (χ3n) is 2.45. The van der Waals surface area contributed by atoms with Crippen LogP contribution in [0.1, 0.15) is 12.0 Å². The van der Waals surface area contributed by atoms with Crippen molar-refractivity contribution < 1.29 is 19.4 Å².